The van der Waals surface area contributed by atoms with Gasteiger partial charge < -0.3 is 19.7 Å². The van der Waals surface area contributed by atoms with Crippen molar-refractivity contribution in [1.29, 1.82) is 0 Å². The minimum Gasteiger partial charge on any atom is -0.497 e. The van der Waals surface area contributed by atoms with Gasteiger partial charge in [0.1, 0.15) is 17.2 Å². The summed E-state index contributed by atoms with van der Waals surface area (Å²) < 4.78 is 11.1. The quantitative estimate of drug-likeness (QED) is 0.285. The third-order valence-corrected chi connectivity index (χ3v) is 5.57. The van der Waals surface area contributed by atoms with E-state index in [0.717, 1.165) is 11.4 Å². The van der Waals surface area contributed by atoms with E-state index in [4.69, 9.17) is 9.47 Å². The molecule has 0 unspecified atom stereocenters. The number of hydrogen-bond donors (Lipinski definition) is 1. The number of hydrogen-bond acceptors (Lipinski definition) is 4. The largest absolute Gasteiger partial charge is 0.497 e. The molecule has 0 fully saturated rings. The molecular formula is C30H28N2O4. The van der Waals surface area contributed by atoms with Gasteiger partial charge in [0.05, 0.1) is 7.11 Å². The Morgan fingerprint density at radius 1 is 0.722 bits per heavy atom. The zero-order valence-corrected chi connectivity index (χ0v) is 20.1. The lowest BCUT2D eigenvalue weighted by molar-refractivity contribution is 0.0953. The Hall–Kier alpha value is -4.58. The molecule has 36 heavy (non-hydrogen) atoms. The van der Waals surface area contributed by atoms with Crippen molar-refractivity contribution in [3.8, 4) is 17.2 Å². The summed E-state index contributed by atoms with van der Waals surface area (Å²) in [5, 5.41) is 2.92. The van der Waals surface area contributed by atoms with E-state index in [0.29, 0.717) is 42.1 Å². The fraction of sp³-hybridized carbons (Fsp3) is 0.133. The first-order chi connectivity index (χ1) is 17.6. The molecule has 182 valence electrons. The summed E-state index contributed by atoms with van der Waals surface area (Å²) >= 11 is 0. The van der Waals surface area contributed by atoms with Crippen LogP contribution in [0.1, 0.15) is 27.1 Å². The van der Waals surface area contributed by atoms with Gasteiger partial charge in [-0.25, -0.2) is 0 Å². The van der Waals surface area contributed by atoms with Crippen LogP contribution >= 0.6 is 0 Å². The molecule has 4 rings (SSSR count). The summed E-state index contributed by atoms with van der Waals surface area (Å²) in [5.41, 5.74) is 1.88. The van der Waals surface area contributed by atoms with E-state index in [9.17, 15) is 9.59 Å². The highest BCUT2D eigenvalue weighted by Gasteiger charge is 2.18. The molecule has 0 atom stereocenters. The maximum absolute atomic E-state index is 13.3. The number of nitrogens with zero attached hydrogens (tertiary/aromatic N) is 1. The third kappa shape index (κ3) is 6.51. The van der Waals surface area contributed by atoms with Crippen molar-refractivity contribution >= 4 is 17.5 Å². The average molecular weight is 481 g/mol. The third-order valence-electron chi connectivity index (χ3n) is 5.57. The van der Waals surface area contributed by atoms with E-state index in [-0.39, 0.29) is 11.8 Å². The number of nitrogens with one attached hydrogen (secondary N) is 1. The second kappa shape index (κ2) is 12.2. The van der Waals surface area contributed by atoms with Crippen LogP contribution in [0.15, 0.2) is 109 Å². The van der Waals surface area contributed by atoms with Crippen LogP contribution in [0.25, 0.3) is 0 Å². The van der Waals surface area contributed by atoms with Gasteiger partial charge in [-0.1, -0.05) is 42.5 Å². The number of para-hydroxylation sites is 1. The second-order valence-electron chi connectivity index (χ2n) is 8.07. The highest BCUT2D eigenvalue weighted by Crippen LogP contribution is 2.25. The lowest BCUT2D eigenvalue weighted by Crippen LogP contribution is -2.34. The van der Waals surface area contributed by atoms with Crippen molar-refractivity contribution in [3.05, 3.63) is 120 Å². The molecule has 6 nitrogen and oxygen atoms in total. The Labute approximate surface area is 211 Å². The molecule has 2 amide bonds. The van der Waals surface area contributed by atoms with Crippen molar-refractivity contribution in [1.82, 2.24) is 5.32 Å². The fourth-order valence-corrected chi connectivity index (χ4v) is 3.71. The first-order valence-electron chi connectivity index (χ1n) is 11.8. The lowest BCUT2D eigenvalue weighted by Gasteiger charge is -2.23. The summed E-state index contributed by atoms with van der Waals surface area (Å²) in [5.74, 6) is 1.77. The number of carbonyl (C=O) groups is 2. The van der Waals surface area contributed by atoms with Crippen LogP contribution in [0.3, 0.4) is 0 Å². The SMILES string of the molecule is COc1cccc(C(=O)NCCCN(C(=O)c2ccccc2)c2ccc(Oc3ccccc3)cc2)c1. The van der Waals surface area contributed by atoms with Crippen LogP contribution in [-0.2, 0) is 0 Å². The van der Waals surface area contributed by atoms with Gasteiger partial charge >= 0.3 is 0 Å². The minimum absolute atomic E-state index is 0.105. The van der Waals surface area contributed by atoms with Crippen LogP contribution < -0.4 is 19.7 Å². The van der Waals surface area contributed by atoms with Crippen molar-refractivity contribution < 1.29 is 19.1 Å². The molecule has 0 aliphatic rings. The molecule has 0 bridgehead atoms. The molecule has 6 heteroatoms. The number of anilines is 1. The summed E-state index contributed by atoms with van der Waals surface area (Å²) in [6.45, 7) is 0.856. The minimum atomic E-state index is -0.183. The summed E-state index contributed by atoms with van der Waals surface area (Å²) in [7, 11) is 1.57. The molecular weight excluding hydrogens is 452 g/mol. The van der Waals surface area contributed by atoms with Crippen molar-refractivity contribution in [2.24, 2.45) is 0 Å². The van der Waals surface area contributed by atoms with Gasteiger partial charge in [-0.05, 0) is 73.2 Å². The van der Waals surface area contributed by atoms with Crippen molar-refractivity contribution in [3.63, 3.8) is 0 Å². The van der Waals surface area contributed by atoms with Crippen molar-refractivity contribution in [2.45, 2.75) is 6.42 Å². The molecule has 1 N–H and O–H groups in total. The molecule has 4 aromatic carbocycles. The number of ether oxygens (including phenoxy) is 2. The van der Waals surface area contributed by atoms with E-state index in [1.165, 1.54) is 0 Å². The monoisotopic (exact) mass is 480 g/mol. The van der Waals surface area contributed by atoms with Crippen LogP contribution in [0, 0.1) is 0 Å². The number of rotatable bonds is 10. The van der Waals surface area contributed by atoms with Gasteiger partial charge in [0.2, 0.25) is 0 Å². The molecule has 0 aliphatic heterocycles. The lowest BCUT2D eigenvalue weighted by atomic mass is 10.1. The Kier molecular flexibility index (Phi) is 8.33. The normalized spacial score (nSPS) is 10.4. The van der Waals surface area contributed by atoms with E-state index in [1.54, 1.807) is 48.4 Å². The zero-order chi connectivity index (χ0) is 25.2. The fourth-order valence-electron chi connectivity index (χ4n) is 3.71. The van der Waals surface area contributed by atoms with Crippen molar-refractivity contribution in [2.75, 3.05) is 25.1 Å². The molecule has 0 radical (unpaired) electrons. The van der Waals surface area contributed by atoms with E-state index >= 15 is 0 Å². The Morgan fingerprint density at radius 3 is 2.03 bits per heavy atom. The smallest absolute Gasteiger partial charge is 0.258 e. The van der Waals surface area contributed by atoms with Crippen LogP contribution in [0.5, 0.6) is 17.2 Å². The predicted octanol–water partition coefficient (Wildman–Crippen LogP) is 5.95. The Bertz CT molecular complexity index is 1280. The molecule has 0 heterocycles. The van der Waals surface area contributed by atoms with Gasteiger partial charge in [0, 0.05) is 29.9 Å². The van der Waals surface area contributed by atoms with E-state index in [2.05, 4.69) is 5.32 Å². The van der Waals surface area contributed by atoms with Gasteiger partial charge in [-0.2, -0.15) is 0 Å². The molecule has 4 aromatic rings. The van der Waals surface area contributed by atoms with Crippen LogP contribution in [-0.4, -0.2) is 32.0 Å². The standard InChI is InChI=1S/C30H28N2O4/c1-35-28-15-8-12-24(22-28)29(33)31-20-9-21-32(30(34)23-10-4-2-5-11-23)25-16-18-27(19-17-25)36-26-13-6-3-7-14-26/h2-8,10-19,22H,9,20-21H2,1H3,(H,31,33). The Balaban J connectivity index is 1.42. The van der Waals surface area contributed by atoms with Gasteiger partial charge in [-0.15, -0.1) is 0 Å². The molecule has 0 spiro atoms. The molecule has 0 saturated carbocycles. The van der Waals surface area contributed by atoms with Crippen LogP contribution in [0.4, 0.5) is 5.69 Å². The average Bonchev–Trinajstić information content (AvgIpc) is 2.94. The number of carbonyl (C=O) groups excluding carboxylic acids is 2. The van der Waals surface area contributed by atoms with Gasteiger partial charge in [0.15, 0.2) is 0 Å². The molecule has 0 aromatic heterocycles. The molecule has 0 aliphatic carbocycles. The number of benzene rings is 4. The highest BCUT2D eigenvalue weighted by molar-refractivity contribution is 6.06. The van der Waals surface area contributed by atoms with Crippen LogP contribution in [0.2, 0.25) is 0 Å². The molecule has 0 saturated heterocycles. The van der Waals surface area contributed by atoms with E-state index < -0.39 is 0 Å². The Morgan fingerprint density at radius 2 is 1.33 bits per heavy atom. The topological polar surface area (TPSA) is 67.9 Å². The first kappa shape index (κ1) is 24.5. The van der Waals surface area contributed by atoms with Gasteiger partial charge in [-0.3, -0.25) is 9.59 Å². The number of methoxy groups -OCH3 is 1. The van der Waals surface area contributed by atoms with Gasteiger partial charge in [0.25, 0.3) is 11.8 Å². The second-order valence-corrected chi connectivity index (χ2v) is 8.07. The maximum Gasteiger partial charge on any atom is 0.258 e. The van der Waals surface area contributed by atoms with E-state index in [1.807, 2.05) is 72.8 Å². The first-order valence-corrected chi connectivity index (χ1v) is 11.8. The maximum atomic E-state index is 13.3. The summed E-state index contributed by atoms with van der Waals surface area (Å²) in [6, 6.07) is 33.1. The summed E-state index contributed by atoms with van der Waals surface area (Å²) in [6.07, 6.45) is 0.580. The predicted molar refractivity (Wildman–Crippen MR) is 141 cm³/mol. The zero-order valence-electron chi connectivity index (χ0n) is 20.1. The highest BCUT2D eigenvalue weighted by atomic mass is 16.5. The number of amides is 2. The summed E-state index contributed by atoms with van der Waals surface area (Å²) in [4.78, 5) is 27.6.